The lowest BCUT2D eigenvalue weighted by atomic mass is 9.75. The molecule has 1 N–H and O–H groups in total. The number of aryl methyl sites for hydroxylation is 1. The highest BCUT2D eigenvalue weighted by atomic mass is 35.5. The number of hydrogen-bond donors (Lipinski definition) is 1. The van der Waals surface area contributed by atoms with E-state index in [0.717, 1.165) is 30.5 Å². The molecule has 2 aliphatic heterocycles. The van der Waals surface area contributed by atoms with Crippen LogP contribution in [0.4, 0.5) is 5.69 Å². The van der Waals surface area contributed by atoms with E-state index in [1.165, 1.54) is 5.56 Å². The first-order valence-corrected chi connectivity index (χ1v) is 9.09. The van der Waals surface area contributed by atoms with Crippen LogP contribution >= 0.6 is 11.6 Å². The van der Waals surface area contributed by atoms with Crippen LogP contribution in [0.5, 0.6) is 0 Å². The van der Waals surface area contributed by atoms with Gasteiger partial charge in [0.1, 0.15) is 0 Å². The zero-order valence-corrected chi connectivity index (χ0v) is 14.7. The second-order valence-corrected chi connectivity index (χ2v) is 7.87. The Morgan fingerprint density at radius 3 is 2.76 bits per heavy atom. The fourth-order valence-electron chi connectivity index (χ4n) is 5.10. The van der Waals surface area contributed by atoms with Crippen molar-refractivity contribution in [3.8, 4) is 0 Å². The number of nitrogens with zero attached hydrogens (tertiary/aromatic N) is 1. The van der Waals surface area contributed by atoms with Gasteiger partial charge >= 0.3 is 0 Å². The van der Waals surface area contributed by atoms with Crippen molar-refractivity contribution in [3.63, 3.8) is 0 Å². The van der Waals surface area contributed by atoms with Crippen molar-refractivity contribution in [2.75, 3.05) is 5.32 Å². The number of aromatic nitrogens is 1. The van der Waals surface area contributed by atoms with Crippen LogP contribution in [-0.4, -0.2) is 23.1 Å². The fraction of sp³-hybridized carbons (Fsp3) is 0.400. The summed E-state index contributed by atoms with van der Waals surface area (Å²) in [5.41, 5.74) is 2.25. The maximum atomic E-state index is 13.3. The quantitative estimate of drug-likeness (QED) is 0.910. The fourth-order valence-corrected chi connectivity index (χ4v) is 5.28. The minimum Gasteiger partial charge on any atom is -0.373 e. The SMILES string of the molecule is Cc1ccc(NC(=O)[C@]23C[C@@]2(c2ccncc2)[C@@H]2CC[C@H]3O2)cc1Cl. The lowest BCUT2D eigenvalue weighted by Gasteiger charge is -2.26. The Balaban J connectivity index is 1.50. The lowest BCUT2D eigenvalue weighted by molar-refractivity contribution is -0.124. The van der Waals surface area contributed by atoms with Crippen molar-refractivity contribution >= 4 is 23.2 Å². The normalized spacial score (nSPS) is 34.6. The number of pyridine rings is 1. The first-order valence-electron chi connectivity index (χ1n) is 8.71. The third-order valence-electron chi connectivity index (χ3n) is 6.38. The number of carbonyl (C=O) groups excluding carboxylic acids is 1. The summed E-state index contributed by atoms with van der Waals surface area (Å²) in [6.45, 7) is 1.95. The van der Waals surface area contributed by atoms with Crippen LogP contribution in [0.1, 0.15) is 30.4 Å². The Bertz CT molecular complexity index is 871. The summed E-state index contributed by atoms with van der Waals surface area (Å²) in [7, 11) is 0. The number of carbonyl (C=O) groups is 1. The van der Waals surface area contributed by atoms with Gasteiger partial charge in [-0.2, -0.15) is 0 Å². The van der Waals surface area contributed by atoms with E-state index in [4.69, 9.17) is 16.3 Å². The van der Waals surface area contributed by atoms with Crippen molar-refractivity contribution in [2.45, 2.75) is 43.8 Å². The molecule has 1 aromatic heterocycles. The first-order chi connectivity index (χ1) is 12.1. The van der Waals surface area contributed by atoms with E-state index in [1.54, 1.807) is 12.4 Å². The van der Waals surface area contributed by atoms with Crippen molar-refractivity contribution in [3.05, 3.63) is 58.9 Å². The zero-order valence-electron chi connectivity index (χ0n) is 14.0. The van der Waals surface area contributed by atoms with Crippen LogP contribution < -0.4 is 5.32 Å². The van der Waals surface area contributed by atoms with Gasteiger partial charge in [0, 0.05) is 28.5 Å². The van der Waals surface area contributed by atoms with E-state index < -0.39 is 5.41 Å². The number of fused-ring (bicyclic) bond motifs is 5. The Hall–Kier alpha value is -1.91. The second-order valence-electron chi connectivity index (χ2n) is 7.46. The molecule has 0 radical (unpaired) electrons. The largest absolute Gasteiger partial charge is 0.373 e. The molecule has 3 aliphatic rings. The molecule has 2 saturated heterocycles. The molecular formula is C20H19ClN2O2. The van der Waals surface area contributed by atoms with Crippen LogP contribution in [0.2, 0.25) is 5.02 Å². The molecule has 5 rings (SSSR count). The monoisotopic (exact) mass is 354 g/mol. The third-order valence-corrected chi connectivity index (χ3v) is 6.79. The van der Waals surface area contributed by atoms with Gasteiger partial charge in [-0.25, -0.2) is 0 Å². The topological polar surface area (TPSA) is 51.2 Å². The van der Waals surface area contributed by atoms with Gasteiger partial charge in [-0.05, 0) is 61.6 Å². The summed E-state index contributed by atoms with van der Waals surface area (Å²) < 4.78 is 6.19. The van der Waals surface area contributed by atoms with Crippen LogP contribution in [0.15, 0.2) is 42.7 Å². The molecule has 3 heterocycles. The molecule has 25 heavy (non-hydrogen) atoms. The summed E-state index contributed by atoms with van der Waals surface area (Å²) in [5.74, 6) is 0.0523. The molecule has 5 heteroatoms. The number of anilines is 1. The van der Waals surface area contributed by atoms with Crippen LogP contribution in [0.3, 0.4) is 0 Å². The molecule has 0 spiro atoms. The number of benzene rings is 1. The van der Waals surface area contributed by atoms with Crippen molar-refractivity contribution < 1.29 is 9.53 Å². The van der Waals surface area contributed by atoms with Gasteiger partial charge in [0.05, 0.1) is 17.6 Å². The average molecular weight is 355 g/mol. The van der Waals surface area contributed by atoms with Gasteiger partial charge in [0.15, 0.2) is 0 Å². The van der Waals surface area contributed by atoms with E-state index in [-0.39, 0.29) is 23.5 Å². The van der Waals surface area contributed by atoms with Gasteiger partial charge < -0.3 is 10.1 Å². The lowest BCUT2D eigenvalue weighted by Crippen LogP contribution is -2.39. The molecule has 2 aromatic rings. The first kappa shape index (κ1) is 15.4. The van der Waals surface area contributed by atoms with Gasteiger partial charge in [0.2, 0.25) is 5.91 Å². The predicted molar refractivity (Wildman–Crippen MR) is 95.7 cm³/mol. The second kappa shape index (κ2) is 5.05. The van der Waals surface area contributed by atoms with Crippen LogP contribution in [0.25, 0.3) is 0 Å². The predicted octanol–water partition coefficient (Wildman–Crippen LogP) is 3.87. The minimum absolute atomic E-state index is 0.00610. The molecule has 1 aromatic carbocycles. The summed E-state index contributed by atoms with van der Waals surface area (Å²) in [6, 6.07) is 9.70. The number of halogens is 1. The van der Waals surface area contributed by atoms with E-state index in [2.05, 4.69) is 10.3 Å². The molecule has 1 aliphatic carbocycles. The van der Waals surface area contributed by atoms with Crippen LogP contribution in [-0.2, 0) is 14.9 Å². The van der Waals surface area contributed by atoms with Crippen molar-refractivity contribution in [2.24, 2.45) is 5.41 Å². The molecule has 2 bridgehead atoms. The summed E-state index contributed by atoms with van der Waals surface area (Å²) in [6.07, 6.45) is 6.58. The zero-order chi connectivity index (χ0) is 17.2. The molecule has 4 nitrogen and oxygen atoms in total. The Labute approximate surface area is 151 Å². The van der Waals surface area contributed by atoms with Crippen molar-refractivity contribution in [1.82, 2.24) is 4.98 Å². The number of ether oxygens (including phenoxy) is 1. The van der Waals surface area contributed by atoms with Gasteiger partial charge in [-0.3, -0.25) is 9.78 Å². The van der Waals surface area contributed by atoms with Gasteiger partial charge in [0.25, 0.3) is 0 Å². The van der Waals surface area contributed by atoms with Crippen LogP contribution in [0, 0.1) is 12.3 Å². The van der Waals surface area contributed by atoms with E-state index in [1.807, 2.05) is 37.3 Å². The summed E-state index contributed by atoms with van der Waals surface area (Å²) >= 11 is 6.21. The number of nitrogens with one attached hydrogen (secondary N) is 1. The highest BCUT2D eigenvalue weighted by Gasteiger charge is 2.85. The average Bonchev–Trinajstić information content (AvgIpc) is 3.03. The Morgan fingerprint density at radius 2 is 2.00 bits per heavy atom. The third kappa shape index (κ3) is 1.87. The van der Waals surface area contributed by atoms with E-state index in [9.17, 15) is 4.79 Å². The smallest absolute Gasteiger partial charge is 0.234 e. The highest BCUT2D eigenvalue weighted by molar-refractivity contribution is 6.31. The Morgan fingerprint density at radius 1 is 1.24 bits per heavy atom. The van der Waals surface area contributed by atoms with Gasteiger partial charge in [-0.15, -0.1) is 0 Å². The number of hydrogen-bond acceptors (Lipinski definition) is 3. The number of rotatable bonds is 3. The molecule has 0 unspecified atom stereocenters. The van der Waals surface area contributed by atoms with E-state index >= 15 is 0 Å². The summed E-state index contributed by atoms with van der Waals surface area (Å²) in [4.78, 5) is 17.4. The standard InChI is InChI=1S/C20H19ClN2O2/c1-12-2-3-14(10-15(12)21)23-18(24)20-11-19(20,13-6-8-22-9-7-13)16-4-5-17(20)25-16/h2-3,6-10,16-17H,4-5,11H2,1H3,(H,23,24)/t16-,17+,19+,20+/m0/s1. The number of amides is 1. The highest BCUT2D eigenvalue weighted by Crippen LogP contribution is 2.77. The molecule has 128 valence electrons. The maximum absolute atomic E-state index is 13.3. The molecule has 1 amide bonds. The summed E-state index contributed by atoms with van der Waals surface area (Å²) in [5, 5.41) is 3.76. The van der Waals surface area contributed by atoms with Crippen molar-refractivity contribution in [1.29, 1.82) is 0 Å². The Kier molecular flexibility index (Phi) is 3.10. The minimum atomic E-state index is -0.464. The molecule has 1 saturated carbocycles. The van der Waals surface area contributed by atoms with Gasteiger partial charge in [-0.1, -0.05) is 17.7 Å². The maximum Gasteiger partial charge on any atom is 0.234 e. The molecular weight excluding hydrogens is 336 g/mol. The molecule has 4 atom stereocenters. The molecule has 3 fully saturated rings. The van der Waals surface area contributed by atoms with E-state index in [0.29, 0.717) is 5.02 Å².